The summed E-state index contributed by atoms with van der Waals surface area (Å²) in [4.78, 5) is 4.78. The van der Waals surface area contributed by atoms with Crippen molar-refractivity contribution in [2.24, 2.45) is 10.4 Å². The molecule has 166 valence electrons. The molecule has 2 rings (SSSR count). The minimum absolute atomic E-state index is 0. The van der Waals surface area contributed by atoms with E-state index in [1.807, 2.05) is 25.1 Å². The van der Waals surface area contributed by atoms with E-state index in [0.717, 1.165) is 49.1 Å². The van der Waals surface area contributed by atoms with E-state index in [2.05, 4.69) is 17.6 Å². The maximum atomic E-state index is 5.67. The average Bonchev–Trinajstić information content (AvgIpc) is 3.18. The summed E-state index contributed by atoms with van der Waals surface area (Å²) < 4.78 is 16.4. The van der Waals surface area contributed by atoms with Gasteiger partial charge >= 0.3 is 0 Å². The van der Waals surface area contributed by atoms with Crippen molar-refractivity contribution < 1.29 is 14.2 Å². The molecule has 6 nitrogen and oxygen atoms in total. The largest absolute Gasteiger partial charge is 0.493 e. The smallest absolute Gasteiger partial charge is 0.191 e. The van der Waals surface area contributed by atoms with E-state index < -0.39 is 0 Å². The molecular weight excluding hydrogens is 481 g/mol. The highest BCUT2D eigenvalue weighted by Crippen LogP contribution is 2.40. The van der Waals surface area contributed by atoms with Crippen molar-refractivity contribution in [1.82, 2.24) is 10.6 Å². The van der Waals surface area contributed by atoms with Crippen molar-refractivity contribution in [1.29, 1.82) is 0 Å². The molecule has 7 heteroatoms. The number of guanidine groups is 1. The zero-order chi connectivity index (χ0) is 20.2. The third kappa shape index (κ3) is 8.20. The Balaban J connectivity index is 0.00000420. The molecule has 2 N–H and O–H groups in total. The van der Waals surface area contributed by atoms with E-state index in [4.69, 9.17) is 19.2 Å². The fraction of sp³-hybridized carbons (Fsp3) is 0.682. The van der Waals surface area contributed by atoms with E-state index in [1.165, 1.54) is 25.7 Å². The summed E-state index contributed by atoms with van der Waals surface area (Å²) in [5.41, 5.74) is 1.42. The number of hydrogen-bond acceptors (Lipinski definition) is 4. The molecule has 0 aromatic heterocycles. The number of ether oxygens (including phenoxy) is 3. The summed E-state index contributed by atoms with van der Waals surface area (Å²) in [6, 6.07) is 5.98. The lowest BCUT2D eigenvalue weighted by Gasteiger charge is -2.30. The standard InChI is InChI=1S/C22H37N3O3.HI/c1-5-23-21(25-17-22(13-14-26-3)11-7-8-12-22)24-16-18-9-10-19(27-4)20(15-18)28-6-2;/h9-10,15H,5-8,11-14,16-17H2,1-4H3,(H2,23,24,25);1H. The number of rotatable bonds is 11. The number of hydrogen-bond donors (Lipinski definition) is 2. The topological polar surface area (TPSA) is 64.1 Å². The zero-order valence-corrected chi connectivity index (χ0v) is 20.7. The van der Waals surface area contributed by atoms with Gasteiger partial charge in [-0.15, -0.1) is 24.0 Å². The fourth-order valence-corrected chi connectivity index (χ4v) is 3.83. The number of nitrogens with one attached hydrogen (secondary N) is 2. The van der Waals surface area contributed by atoms with Crippen molar-refractivity contribution in [3.05, 3.63) is 23.8 Å². The number of nitrogens with zero attached hydrogens (tertiary/aromatic N) is 1. The van der Waals surface area contributed by atoms with Gasteiger partial charge in [-0.25, -0.2) is 4.99 Å². The van der Waals surface area contributed by atoms with E-state index >= 15 is 0 Å². The first-order valence-corrected chi connectivity index (χ1v) is 10.5. The van der Waals surface area contributed by atoms with Gasteiger partial charge in [0.2, 0.25) is 0 Å². The van der Waals surface area contributed by atoms with Gasteiger partial charge in [0.15, 0.2) is 17.5 Å². The van der Waals surface area contributed by atoms with Gasteiger partial charge in [0.25, 0.3) is 0 Å². The minimum atomic E-state index is 0. The van der Waals surface area contributed by atoms with Crippen LogP contribution < -0.4 is 20.1 Å². The normalized spacial score (nSPS) is 15.5. The second-order valence-electron chi connectivity index (χ2n) is 7.42. The Hall–Kier alpha value is -1.22. The molecule has 0 saturated heterocycles. The summed E-state index contributed by atoms with van der Waals surface area (Å²) in [7, 11) is 3.44. The van der Waals surface area contributed by atoms with Crippen LogP contribution in [-0.4, -0.2) is 46.5 Å². The van der Waals surface area contributed by atoms with Crippen LogP contribution in [0.5, 0.6) is 11.5 Å². The van der Waals surface area contributed by atoms with Crippen LogP contribution in [0.1, 0.15) is 51.5 Å². The first-order chi connectivity index (χ1) is 13.7. The maximum Gasteiger partial charge on any atom is 0.191 e. The summed E-state index contributed by atoms with van der Waals surface area (Å²) in [5.74, 6) is 2.38. The van der Waals surface area contributed by atoms with Gasteiger partial charge in [0.05, 0.1) is 20.3 Å². The molecule has 0 radical (unpaired) electrons. The molecule has 0 bridgehead atoms. The summed E-state index contributed by atoms with van der Waals surface area (Å²) in [5, 5.41) is 6.94. The van der Waals surface area contributed by atoms with Gasteiger partial charge in [-0.3, -0.25) is 0 Å². The van der Waals surface area contributed by atoms with Crippen LogP contribution in [0.2, 0.25) is 0 Å². The Kier molecular flexibility index (Phi) is 12.4. The number of aliphatic imine (C=N–C) groups is 1. The highest BCUT2D eigenvalue weighted by Gasteiger charge is 2.33. The van der Waals surface area contributed by atoms with Gasteiger partial charge < -0.3 is 24.8 Å². The third-order valence-electron chi connectivity index (χ3n) is 5.42. The minimum Gasteiger partial charge on any atom is -0.493 e. The van der Waals surface area contributed by atoms with Gasteiger partial charge in [-0.1, -0.05) is 18.9 Å². The quantitative estimate of drug-likeness (QED) is 0.259. The van der Waals surface area contributed by atoms with Gasteiger partial charge in [-0.2, -0.15) is 0 Å². The van der Waals surface area contributed by atoms with Crippen molar-refractivity contribution in [3.8, 4) is 11.5 Å². The second-order valence-corrected chi connectivity index (χ2v) is 7.42. The number of methoxy groups -OCH3 is 2. The molecule has 0 heterocycles. The van der Waals surface area contributed by atoms with Gasteiger partial charge in [0, 0.05) is 26.8 Å². The van der Waals surface area contributed by atoms with Crippen LogP contribution in [0.3, 0.4) is 0 Å². The molecule has 1 aromatic carbocycles. The Morgan fingerprint density at radius 2 is 1.86 bits per heavy atom. The predicted molar refractivity (Wildman–Crippen MR) is 130 cm³/mol. The lowest BCUT2D eigenvalue weighted by molar-refractivity contribution is 0.138. The molecule has 0 amide bonds. The Morgan fingerprint density at radius 1 is 1.10 bits per heavy atom. The first-order valence-electron chi connectivity index (χ1n) is 10.5. The van der Waals surface area contributed by atoms with E-state index in [9.17, 15) is 0 Å². The molecule has 1 aliphatic rings. The van der Waals surface area contributed by atoms with Crippen LogP contribution in [0, 0.1) is 5.41 Å². The SMILES string of the molecule is CCNC(=NCc1ccc(OC)c(OCC)c1)NCC1(CCOC)CCCC1.I. The summed E-state index contributed by atoms with van der Waals surface area (Å²) in [6.07, 6.45) is 6.25. The third-order valence-corrected chi connectivity index (χ3v) is 5.42. The van der Waals surface area contributed by atoms with Crippen LogP contribution in [-0.2, 0) is 11.3 Å². The number of halogens is 1. The van der Waals surface area contributed by atoms with Crippen molar-refractivity contribution in [2.45, 2.75) is 52.5 Å². The molecule has 1 aliphatic carbocycles. The summed E-state index contributed by atoms with van der Waals surface area (Å²) >= 11 is 0. The fourth-order valence-electron chi connectivity index (χ4n) is 3.83. The van der Waals surface area contributed by atoms with Crippen LogP contribution in [0.15, 0.2) is 23.2 Å². The molecule has 0 atom stereocenters. The van der Waals surface area contributed by atoms with Crippen molar-refractivity contribution in [3.63, 3.8) is 0 Å². The van der Waals surface area contributed by atoms with Crippen LogP contribution in [0.25, 0.3) is 0 Å². The Morgan fingerprint density at radius 3 is 2.48 bits per heavy atom. The average molecular weight is 519 g/mol. The molecule has 0 unspecified atom stereocenters. The van der Waals surface area contributed by atoms with E-state index in [1.54, 1.807) is 14.2 Å². The van der Waals surface area contributed by atoms with Crippen molar-refractivity contribution in [2.75, 3.05) is 40.5 Å². The maximum absolute atomic E-state index is 5.67. The lowest BCUT2D eigenvalue weighted by Crippen LogP contribution is -2.43. The van der Waals surface area contributed by atoms with E-state index in [-0.39, 0.29) is 24.0 Å². The molecule has 1 fully saturated rings. The monoisotopic (exact) mass is 519 g/mol. The van der Waals surface area contributed by atoms with Crippen LogP contribution in [0.4, 0.5) is 0 Å². The first kappa shape index (κ1) is 25.8. The molecule has 0 spiro atoms. The molecular formula is C22H38IN3O3. The van der Waals surface area contributed by atoms with Crippen molar-refractivity contribution >= 4 is 29.9 Å². The van der Waals surface area contributed by atoms with Crippen LogP contribution >= 0.6 is 24.0 Å². The molecule has 29 heavy (non-hydrogen) atoms. The number of benzene rings is 1. The zero-order valence-electron chi connectivity index (χ0n) is 18.4. The molecule has 0 aliphatic heterocycles. The Bertz CT molecular complexity index is 619. The second kappa shape index (κ2) is 13.9. The molecule has 1 aromatic rings. The van der Waals surface area contributed by atoms with Gasteiger partial charge in [0.1, 0.15) is 0 Å². The highest BCUT2D eigenvalue weighted by molar-refractivity contribution is 14.0. The Labute approximate surface area is 193 Å². The lowest BCUT2D eigenvalue weighted by atomic mass is 9.83. The summed E-state index contributed by atoms with van der Waals surface area (Å²) in [6.45, 7) is 7.86. The van der Waals surface area contributed by atoms with E-state index in [0.29, 0.717) is 18.6 Å². The van der Waals surface area contributed by atoms with Gasteiger partial charge in [-0.05, 0) is 56.2 Å². The highest BCUT2D eigenvalue weighted by atomic mass is 127. The molecule has 1 saturated carbocycles. The predicted octanol–water partition coefficient (Wildman–Crippen LogP) is 4.36.